The van der Waals surface area contributed by atoms with Crippen molar-refractivity contribution < 1.29 is 18.3 Å². The molecule has 0 N–H and O–H groups in total. The first-order valence-electron chi connectivity index (χ1n) is 5.11. The summed E-state index contributed by atoms with van der Waals surface area (Å²) in [5.41, 5.74) is -0.190. The molecule has 7 heteroatoms. The molecule has 94 valence electrons. The summed E-state index contributed by atoms with van der Waals surface area (Å²) in [5, 5.41) is -0.209. The molecule has 1 aliphatic heterocycles. The van der Waals surface area contributed by atoms with E-state index in [1.165, 1.54) is 6.20 Å². The molecule has 1 aliphatic rings. The summed E-state index contributed by atoms with van der Waals surface area (Å²) in [6, 6.07) is 0. The standard InChI is InChI=1S/C10H11ClF2N2O2/c1-3-16-8-6(17-8)5-4-14-9(11)15-7(5)10(2,12)13/h4,6,8H,3H2,1-2H3. The van der Waals surface area contributed by atoms with E-state index in [-0.39, 0.29) is 10.8 Å². The molecule has 0 aliphatic carbocycles. The van der Waals surface area contributed by atoms with Crippen molar-refractivity contribution >= 4 is 11.6 Å². The van der Waals surface area contributed by atoms with Gasteiger partial charge in [0.2, 0.25) is 5.28 Å². The van der Waals surface area contributed by atoms with E-state index in [0.29, 0.717) is 6.61 Å². The van der Waals surface area contributed by atoms with Gasteiger partial charge in [-0.05, 0) is 18.5 Å². The highest BCUT2D eigenvalue weighted by Gasteiger charge is 2.46. The third-order valence-electron chi connectivity index (χ3n) is 2.29. The van der Waals surface area contributed by atoms with Crippen molar-refractivity contribution in [2.45, 2.75) is 32.2 Å². The molecule has 1 aromatic rings. The number of halogens is 3. The number of nitrogens with zero attached hydrogens (tertiary/aromatic N) is 2. The van der Waals surface area contributed by atoms with Crippen LogP contribution in [0.15, 0.2) is 6.20 Å². The summed E-state index contributed by atoms with van der Waals surface area (Å²) >= 11 is 5.52. The van der Waals surface area contributed by atoms with E-state index < -0.39 is 24.0 Å². The first-order valence-corrected chi connectivity index (χ1v) is 5.49. The Morgan fingerprint density at radius 1 is 1.59 bits per heavy atom. The molecule has 2 unspecified atom stereocenters. The second-order valence-corrected chi connectivity index (χ2v) is 4.05. The van der Waals surface area contributed by atoms with Gasteiger partial charge in [-0.3, -0.25) is 0 Å². The minimum Gasteiger partial charge on any atom is -0.350 e. The SMILES string of the molecule is CCOC1OC1c1cnc(Cl)nc1C(C)(F)F. The van der Waals surface area contributed by atoms with Gasteiger partial charge in [0, 0.05) is 25.3 Å². The molecule has 1 aromatic heterocycles. The highest BCUT2D eigenvalue weighted by Crippen LogP contribution is 2.43. The van der Waals surface area contributed by atoms with Crippen molar-refractivity contribution in [3.8, 4) is 0 Å². The Balaban J connectivity index is 2.29. The fourth-order valence-electron chi connectivity index (χ4n) is 1.54. The number of hydrogen-bond donors (Lipinski definition) is 0. The van der Waals surface area contributed by atoms with Crippen molar-refractivity contribution in [2.24, 2.45) is 0 Å². The van der Waals surface area contributed by atoms with Crippen molar-refractivity contribution in [1.29, 1.82) is 0 Å². The van der Waals surface area contributed by atoms with Gasteiger partial charge >= 0.3 is 0 Å². The van der Waals surface area contributed by atoms with Crippen molar-refractivity contribution in [1.82, 2.24) is 9.97 Å². The van der Waals surface area contributed by atoms with Crippen LogP contribution in [0, 0.1) is 0 Å². The molecule has 0 aromatic carbocycles. The molecule has 0 spiro atoms. The van der Waals surface area contributed by atoms with Crippen LogP contribution in [0.1, 0.15) is 31.2 Å². The predicted molar refractivity (Wildman–Crippen MR) is 55.9 cm³/mol. The largest absolute Gasteiger partial charge is 0.350 e. The minimum atomic E-state index is -3.09. The van der Waals surface area contributed by atoms with Gasteiger partial charge in [-0.25, -0.2) is 9.97 Å². The highest BCUT2D eigenvalue weighted by molar-refractivity contribution is 6.28. The lowest BCUT2D eigenvalue weighted by molar-refractivity contribution is 0.0111. The van der Waals surface area contributed by atoms with E-state index >= 15 is 0 Å². The van der Waals surface area contributed by atoms with Crippen LogP contribution in [0.5, 0.6) is 0 Å². The van der Waals surface area contributed by atoms with E-state index in [1.807, 2.05) is 0 Å². The van der Waals surface area contributed by atoms with Crippen LogP contribution in [0.3, 0.4) is 0 Å². The zero-order valence-corrected chi connectivity index (χ0v) is 10.0. The number of aromatic nitrogens is 2. The lowest BCUT2D eigenvalue weighted by Gasteiger charge is -2.12. The zero-order valence-electron chi connectivity index (χ0n) is 9.28. The Morgan fingerprint density at radius 3 is 2.88 bits per heavy atom. The van der Waals surface area contributed by atoms with E-state index in [4.69, 9.17) is 21.1 Å². The van der Waals surface area contributed by atoms with Crippen LogP contribution in [0.25, 0.3) is 0 Å². The molecular weight excluding hydrogens is 254 g/mol. The summed E-state index contributed by atoms with van der Waals surface area (Å²) < 4.78 is 37.0. The third kappa shape index (κ3) is 2.70. The quantitative estimate of drug-likeness (QED) is 0.620. The average molecular weight is 265 g/mol. The number of alkyl halides is 2. The fourth-order valence-corrected chi connectivity index (χ4v) is 1.67. The molecule has 2 heterocycles. The average Bonchev–Trinajstić information content (AvgIpc) is 2.96. The lowest BCUT2D eigenvalue weighted by atomic mass is 10.1. The molecule has 0 bridgehead atoms. The highest BCUT2D eigenvalue weighted by atomic mass is 35.5. The van der Waals surface area contributed by atoms with Gasteiger partial charge in [0.1, 0.15) is 11.8 Å². The molecule has 0 saturated carbocycles. The second-order valence-electron chi connectivity index (χ2n) is 3.71. The van der Waals surface area contributed by atoms with E-state index in [9.17, 15) is 8.78 Å². The second kappa shape index (κ2) is 4.44. The van der Waals surface area contributed by atoms with Crippen LogP contribution in [0.4, 0.5) is 8.78 Å². The molecule has 17 heavy (non-hydrogen) atoms. The van der Waals surface area contributed by atoms with Crippen LogP contribution < -0.4 is 0 Å². The smallest absolute Gasteiger partial charge is 0.287 e. The monoisotopic (exact) mass is 264 g/mol. The summed E-state index contributed by atoms with van der Waals surface area (Å²) in [4.78, 5) is 7.26. The number of hydrogen-bond acceptors (Lipinski definition) is 4. The van der Waals surface area contributed by atoms with Crippen molar-refractivity contribution in [2.75, 3.05) is 6.61 Å². The number of ether oxygens (including phenoxy) is 2. The van der Waals surface area contributed by atoms with Gasteiger partial charge in [-0.2, -0.15) is 8.78 Å². The zero-order chi connectivity index (χ0) is 12.6. The van der Waals surface area contributed by atoms with Crippen molar-refractivity contribution in [3.63, 3.8) is 0 Å². The molecule has 1 saturated heterocycles. The Kier molecular flexibility index (Phi) is 3.29. The van der Waals surface area contributed by atoms with Crippen LogP contribution >= 0.6 is 11.6 Å². The maximum Gasteiger partial charge on any atom is 0.287 e. The van der Waals surface area contributed by atoms with Crippen molar-refractivity contribution in [3.05, 3.63) is 22.7 Å². The molecule has 0 amide bonds. The van der Waals surface area contributed by atoms with Crippen LogP contribution in [-0.4, -0.2) is 22.9 Å². The summed E-state index contributed by atoms with van der Waals surface area (Å²) in [7, 11) is 0. The fraction of sp³-hybridized carbons (Fsp3) is 0.600. The summed E-state index contributed by atoms with van der Waals surface area (Å²) in [6.07, 6.45) is 0.227. The number of epoxide rings is 1. The molecular formula is C10H11ClF2N2O2. The van der Waals surface area contributed by atoms with Gasteiger partial charge in [0.25, 0.3) is 5.92 Å². The summed E-state index contributed by atoms with van der Waals surface area (Å²) in [5.74, 6) is -3.09. The van der Waals surface area contributed by atoms with Gasteiger partial charge in [0.15, 0.2) is 6.29 Å². The molecule has 4 nitrogen and oxygen atoms in total. The van der Waals surface area contributed by atoms with Crippen LogP contribution in [0.2, 0.25) is 5.28 Å². The first-order chi connectivity index (χ1) is 7.93. The van der Waals surface area contributed by atoms with E-state index in [1.54, 1.807) is 6.92 Å². The normalized spacial score (nSPS) is 23.8. The maximum atomic E-state index is 13.4. The summed E-state index contributed by atoms with van der Waals surface area (Å²) in [6.45, 7) is 3.01. The van der Waals surface area contributed by atoms with Crippen LogP contribution in [-0.2, 0) is 15.4 Å². The Hall–Kier alpha value is -0.850. The van der Waals surface area contributed by atoms with E-state index in [2.05, 4.69) is 9.97 Å². The van der Waals surface area contributed by atoms with Gasteiger partial charge in [-0.1, -0.05) is 0 Å². The van der Waals surface area contributed by atoms with Gasteiger partial charge in [0.05, 0.1) is 0 Å². The molecule has 2 rings (SSSR count). The topological polar surface area (TPSA) is 47.5 Å². The third-order valence-corrected chi connectivity index (χ3v) is 2.47. The Morgan fingerprint density at radius 2 is 2.29 bits per heavy atom. The van der Waals surface area contributed by atoms with E-state index in [0.717, 1.165) is 6.92 Å². The Labute approximate surface area is 102 Å². The Bertz CT molecular complexity index is 425. The molecule has 0 radical (unpaired) electrons. The number of rotatable bonds is 4. The first kappa shape index (κ1) is 12.6. The maximum absolute atomic E-state index is 13.4. The molecule has 2 atom stereocenters. The lowest BCUT2D eigenvalue weighted by Crippen LogP contribution is -2.15. The van der Waals surface area contributed by atoms with Gasteiger partial charge in [-0.15, -0.1) is 0 Å². The predicted octanol–water partition coefficient (Wildman–Crippen LogP) is 2.68. The molecule has 1 fully saturated rings. The van der Waals surface area contributed by atoms with Gasteiger partial charge < -0.3 is 9.47 Å². The minimum absolute atomic E-state index is 0.209.